The quantitative estimate of drug-likeness (QED) is 0.381. The van der Waals surface area contributed by atoms with Gasteiger partial charge in [-0.1, -0.05) is 0 Å². The number of carbonyl (C=O) groups excluding carboxylic acids is 2. The average Bonchev–Trinajstić information content (AvgIpc) is 2.43. The molecule has 0 aromatic carbocycles. The molecule has 2 rings (SSSR count). The first-order valence-corrected chi connectivity index (χ1v) is 6.93. The maximum Gasteiger partial charge on any atom is 0.362 e. The van der Waals surface area contributed by atoms with Crippen LogP contribution in [0.4, 0.5) is 0 Å². The van der Waals surface area contributed by atoms with E-state index in [4.69, 9.17) is 4.55 Å². The Morgan fingerprint density at radius 3 is 2.35 bits per heavy atom. The lowest BCUT2D eigenvalue weighted by molar-refractivity contribution is -0.154. The molecule has 0 saturated carbocycles. The van der Waals surface area contributed by atoms with Crippen molar-refractivity contribution in [3.8, 4) is 0 Å². The van der Waals surface area contributed by atoms with Crippen molar-refractivity contribution in [1.82, 2.24) is 9.21 Å². The second kappa shape index (κ2) is 3.85. The van der Waals surface area contributed by atoms with Gasteiger partial charge in [0, 0.05) is 18.2 Å². The Kier molecular flexibility index (Phi) is 2.87. The van der Waals surface area contributed by atoms with Crippen molar-refractivity contribution in [2.45, 2.75) is 30.7 Å². The zero-order valence-electron chi connectivity index (χ0n) is 8.98. The van der Waals surface area contributed by atoms with Gasteiger partial charge in [0.1, 0.15) is 6.04 Å². The normalized spacial score (nSPS) is 34.2. The highest BCUT2D eigenvalue weighted by molar-refractivity contribution is 7.84. The van der Waals surface area contributed by atoms with Gasteiger partial charge in [-0.3, -0.25) is 14.1 Å². The third kappa shape index (κ3) is 1.91. The highest BCUT2D eigenvalue weighted by atomic mass is 32.2. The van der Waals surface area contributed by atoms with E-state index in [1.165, 1.54) is 11.8 Å². The molecule has 2 saturated heterocycles. The third-order valence-electron chi connectivity index (χ3n) is 3.02. The van der Waals surface area contributed by atoms with Crippen LogP contribution in [-0.2, 0) is 19.9 Å². The van der Waals surface area contributed by atoms with Crippen LogP contribution in [0.25, 0.3) is 0 Å². The van der Waals surface area contributed by atoms with E-state index in [1.54, 1.807) is 0 Å². The van der Waals surface area contributed by atoms with Crippen molar-refractivity contribution in [2.24, 2.45) is 0 Å². The molecule has 2 fully saturated rings. The first-order chi connectivity index (χ1) is 7.73. The van der Waals surface area contributed by atoms with Crippen LogP contribution in [0.1, 0.15) is 13.3 Å². The van der Waals surface area contributed by atoms with E-state index in [1.807, 2.05) is 0 Å². The molecule has 0 aromatic rings. The molecule has 1 N–H and O–H groups in total. The molecule has 7 nitrogen and oxygen atoms in total. The lowest BCUT2D eigenvalue weighted by Gasteiger charge is -2.46. The van der Waals surface area contributed by atoms with Crippen molar-refractivity contribution in [2.75, 3.05) is 6.54 Å². The fourth-order valence-electron chi connectivity index (χ4n) is 2.28. The number of rotatable bonds is 2. The van der Waals surface area contributed by atoms with Crippen molar-refractivity contribution in [1.29, 1.82) is 0 Å². The van der Waals surface area contributed by atoms with Gasteiger partial charge in [-0.15, -0.1) is 0 Å². The van der Waals surface area contributed by atoms with Crippen LogP contribution in [-0.4, -0.2) is 57.9 Å². The number of amides is 2. The van der Waals surface area contributed by atoms with Gasteiger partial charge in [0.2, 0.25) is 5.91 Å². The molecule has 2 heterocycles. The molecule has 0 aromatic heterocycles. The van der Waals surface area contributed by atoms with Crippen molar-refractivity contribution < 1.29 is 22.6 Å². The van der Waals surface area contributed by atoms with Crippen LogP contribution in [0, 0.1) is 0 Å². The fourth-order valence-corrected chi connectivity index (χ4v) is 3.49. The molecule has 96 valence electrons. The second-order valence-corrected chi connectivity index (χ2v) is 6.22. The molecule has 17 heavy (non-hydrogen) atoms. The summed E-state index contributed by atoms with van der Waals surface area (Å²) >= 11 is 4.15. The summed E-state index contributed by atoms with van der Waals surface area (Å²) in [6.07, 6.45) is 0.242. The summed E-state index contributed by atoms with van der Waals surface area (Å²) in [6.45, 7) is 1.79. The minimum Gasteiger partial charge on any atom is -0.327 e. The summed E-state index contributed by atoms with van der Waals surface area (Å²) in [7, 11) is -4.53. The lowest BCUT2D eigenvalue weighted by atomic mass is 9.99. The van der Waals surface area contributed by atoms with Crippen LogP contribution >= 0.6 is 12.6 Å². The van der Waals surface area contributed by atoms with Gasteiger partial charge in [0.05, 0.1) is 6.04 Å². The van der Waals surface area contributed by atoms with E-state index >= 15 is 0 Å². The maximum absolute atomic E-state index is 11.6. The summed E-state index contributed by atoms with van der Waals surface area (Å²) in [5, 5.41) is -0.137. The van der Waals surface area contributed by atoms with E-state index < -0.39 is 28.3 Å². The van der Waals surface area contributed by atoms with E-state index in [0.717, 1.165) is 0 Å². The Bertz CT molecular complexity index is 476. The van der Waals surface area contributed by atoms with E-state index in [9.17, 15) is 18.0 Å². The van der Waals surface area contributed by atoms with E-state index in [0.29, 0.717) is 10.8 Å². The number of nitrogens with zero attached hydrogens (tertiary/aromatic N) is 2. The third-order valence-corrected chi connectivity index (χ3v) is 4.37. The Balaban J connectivity index is 2.17. The Morgan fingerprint density at radius 2 is 2.00 bits per heavy atom. The van der Waals surface area contributed by atoms with Crippen LogP contribution < -0.4 is 0 Å². The molecule has 9 heteroatoms. The molecular weight excluding hydrogens is 268 g/mol. The standard InChI is InChI=1S/C8H12N2O5S2/c1-4-7(8(12)10(4)17(13,14)15)9-3-5(16)2-6(9)11/h4-5,7,16H,2-3H2,1H3,(H,13,14,15)/t4-,5?,7-/m0/s1. The molecule has 0 bridgehead atoms. The molecule has 2 amide bonds. The molecular formula is C8H12N2O5S2. The molecule has 3 atom stereocenters. The average molecular weight is 280 g/mol. The van der Waals surface area contributed by atoms with Gasteiger partial charge in [-0.05, 0) is 6.92 Å². The summed E-state index contributed by atoms with van der Waals surface area (Å²) in [6, 6.07) is -1.54. The minimum atomic E-state index is -4.53. The van der Waals surface area contributed by atoms with E-state index in [-0.39, 0.29) is 17.6 Å². The molecule has 0 aliphatic carbocycles. The number of hydrogen-bond donors (Lipinski definition) is 2. The number of hydrogen-bond acceptors (Lipinski definition) is 5. The minimum absolute atomic E-state index is 0.137. The highest BCUT2D eigenvalue weighted by Crippen LogP contribution is 2.31. The van der Waals surface area contributed by atoms with Crippen LogP contribution in [0.5, 0.6) is 0 Å². The second-order valence-electron chi connectivity index (χ2n) is 4.20. The predicted molar refractivity (Wildman–Crippen MR) is 60.7 cm³/mol. The van der Waals surface area contributed by atoms with Gasteiger partial charge >= 0.3 is 10.3 Å². The lowest BCUT2D eigenvalue weighted by Crippen LogP contribution is -2.71. The van der Waals surface area contributed by atoms with Gasteiger partial charge in [-0.2, -0.15) is 21.0 Å². The van der Waals surface area contributed by atoms with Crippen molar-refractivity contribution >= 4 is 34.7 Å². The molecule has 0 radical (unpaired) electrons. The molecule has 2 aliphatic heterocycles. The monoisotopic (exact) mass is 280 g/mol. The summed E-state index contributed by atoms with van der Waals surface area (Å²) < 4.78 is 31.0. The maximum atomic E-state index is 11.6. The summed E-state index contributed by atoms with van der Waals surface area (Å²) in [4.78, 5) is 24.5. The Labute approximate surface area is 104 Å². The Morgan fingerprint density at radius 1 is 1.41 bits per heavy atom. The topological polar surface area (TPSA) is 95.0 Å². The first kappa shape index (κ1) is 12.7. The smallest absolute Gasteiger partial charge is 0.327 e. The molecule has 0 spiro atoms. The number of β-lactam (4-membered cyclic amide) rings is 1. The zero-order valence-corrected chi connectivity index (χ0v) is 10.7. The zero-order chi connectivity index (χ0) is 13.0. The number of carbonyl (C=O) groups is 2. The van der Waals surface area contributed by atoms with Gasteiger partial charge in [-0.25, -0.2) is 4.31 Å². The largest absolute Gasteiger partial charge is 0.362 e. The van der Waals surface area contributed by atoms with Crippen LogP contribution in [0.15, 0.2) is 0 Å². The predicted octanol–water partition coefficient (Wildman–Crippen LogP) is -1.08. The van der Waals surface area contributed by atoms with Crippen LogP contribution in [0.3, 0.4) is 0 Å². The Hall–Kier alpha value is -0.800. The van der Waals surface area contributed by atoms with Crippen LogP contribution in [0.2, 0.25) is 0 Å². The summed E-state index contributed by atoms with van der Waals surface area (Å²) in [5.74, 6) is -0.985. The van der Waals surface area contributed by atoms with Gasteiger partial charge in [0.15, 0.2) is 0 Å². The van der Waals surface area contributed by atoms with Crippen molar-refractivity contribution in [3.63, 3.8) is 0 Å². The molecule has 1 unspecified atom stereocenters. The SMILES string of the molecule is C[C@H]1[C@H](N2CC(S)CC2=O)C(=O)N1S(=O)(=O)O. The van der Waals surface area contributed by atoms with Crippen molar-refractivity contribution in [3.05, 3.63) is 0 Å². The van der Waals surface area contributed by atoms with Gasteiger partial charge in [0.25, 0.3) is 5.91 Å². The summed E-state index contributed by atoms with van der Waals surface area (Å²) in [5.41, 5.74) is 0. The van der Waals surface area contributed by atoms with Gasteiger partial charge < -0.3 is 4.90 Å². The number of thiol groups is 1. The number of likely N-dealkylation sites (tertiary alicyclic amines) is 1. The van der Waals surface area contributed by atoms with E-state index in [2.05, 4.69) is 12.6 Å². The molecule has 2 aliphatic rings. The first-order valence-electron chi connectivity index (χ1n) is 5.01. The highest BCUT2D eigenvalue weighted by Gasteiger charge is 2.55. The fraction of sp³-hybridized carbons (Fsp3) is 0.750.